The van der Waals surface area contributed by atoms with Gasteiger partial charge in [-0.2, -0.15) is 0 Å². The van der Waals surface area contributed by atoms with Crippen molar-refractivity contribution in [1.82, 2.24) is 0 Å². The maximum atomic E-state index is 13.4. The van der Waals surface area contributed by atoms with E-state index in [2.05, 4.69) is 0 Å². The average molecular weight is 239 g/mol. The number of carbonyl (C=O) groups is 1. The van der Waals surface area contributed by atoms with Crippen molar-refractivity contribution in [2.45, 2.75) is 19.3 Å². The Morgan fingerprint density at radius 2 is 2.12 bits per heavy atom. The molecule has 0 aromatic heterocycles. The van der Waals surface area contributed by atoms with Gasteiger partial charge in [0.05, 0.1) is 5.56 Å². The van der Waals surface area contributed by atoms with Crippen LogP contribution in [-0.2, 0) is 0 Å². The second kappa shape index (κ2) is 7.01. The highest BCUT2D eigenvalue weighted by Crippen LogP contribution is 2.20. The lowest BCUT2D eigenvalue weighted by molar-refractivity contribution is 0.112. The highest BCUT2D eigenvalue weighted by Gasteiger charge is 2.10. The first-order chi connectivity index (χ1) is 8.20. The quantitative estimate of drug-likeness (QED) is 0.586. The van der Waals surface area contributed by atoms with Crippen LogP contribution in [-0.4, -0.2) is 31.6 Å². The Balaban J connectivity index is 2.65. The molecule has 1 aromatic carbocycles. The molecule has 0 aliphatic heterocycles. The molecule has 0 aliphatic carbocycles. The van der Waals surface area contributed by atoms with Gasteiger partial charge in [-0.3, -0.25) is 4.79 Å². The molecule has 0 fully saturated rings. The molecule has 0 radical (unpaired) electrons. The molecule has 1 aromatic rings. The Morgan fingerprint density at radius 1 is 1.35 bits per heavy atom. The lowest BCUT2D eigenvalue weighted by Gasteiger charge is -2.21. The van der Waals surface area contributed by atoms with Gasteiger partial charge in [0, 0.05) is 25.9 Å². The van der Waals surface area contributed by atoms with Crippen molar-refractivity contribution in [2.75, 3.05) is 25.1 Å². The topological polar surface area (TPSA) is 40.5 Å². The molecular formula is C13H18FNO2. The Kier molecular flexibility index (Phi) is 5.63. The maximum Gasteiger partial charge on any atom is 0.155 e. The molecule has 3 nitrogen and oxygen atoms in total. The summed E-state index contributed by atoms with van der Waals surface area (Å²) in [6.45, 7) is 0.938. The number of benzene rings is 1. The minimum Gasteiger partial charge on any atom is -0.396 e. The number of carbonyl (C=O) groups excluding carboxylic acids is 1. The molecule has 17 heavy (non-hydrogen) atoms. The zero-order valence-electron chi connectivity index (χ0n) is 10.0. The smallest absolute Gasteiger partial charge is 0.155 e. The zero-order valence-corrected chi connectivity index (χ0v) is 10.0. The van der Waals surface area contributed by atoms with E-state index in [-0.39, 0.29) is 12.2 Å². The summed E-state index contributed by atoms with van der Waals surface area (Å²) in [5.74, 6) is -0.486. The number of halogens is 1. The van der Waals surface area contributed by atoms with Crippen molar-refractivity contribution in [3.63, 3.8) is 0 Å². The fourth-order valence-corrected chi connectivity index (χ4v) is 1.73. The van der Waals surface area contributed by atoms with E-state index in [1.807, 2.05) is 11.9 Å². The van der Waals surface area contributed by atoms with E-state index in [9.17, 15) is 9.18 Å². The summed E-state index contributed by atoms with van der Waals surface area (Å²) in [4.78, 5) is 12.7. The number of hydrogen-bond acceptors (Lipinski definition) is 3. The molecular weight excluding hydrogens is 221 g/mol. The number of unbranched alkanes of at least 4 members (excludes halogenated alkanes) is 2. The Hall–Kier alpha value is -1.42. The highest BCUT2D eigenvalue weighted by atomic mass is 19.1. The molecule has 0 saturated carbocycles. The molecule has 0 bridgehead atoms. The van der Waals surface area contributed by atoms with Gasteiger partial charge in [0.2, 0.25) is 0 Å². The zero-order chi connectivity index (χ0) is 12.7. The van der Waals surface area contributed by atoms with Crippen LogP contribution in [0.2, 0.25) is 0 Å². The fourth-order valence-electron chi connectivity index (χ4n) is 1.73. The van der Waals surface area contributed by atoms with E-state index in [4.69, 9.17) is 5.11 Å². The minimum absolute atomic E-state index is 0.108. The monoisotopic (exact) mass is 239 g/mol. The second-order valence-electron chi connectivity index (χ2n) is 4.00. The van der Waals surface area contributed by atoms with E-state index < -0.39 is 5.82 Å². The van der Waals surface area contributed by atoms with Gasteiger partial charge in [0.1, 0.15) is 5.82 Å². The van der Waals surface area contributed by atoms with Crippen LogP contribution in [0.4, 0.5) is 10.1 Å². The number of aldehydes is 1. The largest absolute Gasteiger partial charge is 0.396 e. The number of hydrogen-bond donors (Lipinski definition) is 1. The fraction of sp³-hybridized carbons (Fsp3) is 0.462. The predicted octanol–water partition coefficient (Wildman–Crippen LogP) is 2.24. The first-order valence-corrected chi connectivity index (χ1v) is 5.76. The molecule has 94 valence electrons. The van der Waals surface area contributed by atoms with Crippen molar-refractivity contribution < 1.29 is 14.3 Å². The minimum atomic E-state index is -0.486. The van der Waals surface area contributed by atoms with E-state index in [0.717, 1.165) is 25.8 Å². The van der Waals surface area contributed by atoms with Gasteiger partial charge in [-0.25, -0.2) is 4.39 Å². The molecule has 0 unspecified atom stereocenters. The summed E-state index contributed by atoms with van der Waals surface area (Å²) in [6, 6.07) is 4.62. The van der Waals surface area contributed by atoms with Crippen LogP contribution < -0.4 is 4.90 Å². The van der Waals surface area contributed by atoms with Crippen molar-refractivity contribution in [1.29, 1.82) is 0 Å². The number of anilines is 1. The highest BCUT2D eigenvalue weighted by molar-refractivity contribution is 5.84. The number of nitrogens with zero attached hydrogens (tertiary/aromatic N) is 1. The summed E-state index contributed by atoms with van der Waals surface area (Å²) < 4.78 is 13.4. The Bertz CT molecular complexity index is 368. The van der Waals surface area contributed by atoms with Crippen LogP contribution in [0, 0.1) is 5.82 Å². The predicted molar refractivity (Wildman–Crippen MR) is 66.0 cm³/mol. The van der Waals surface area contributed by atoms with Crippen molar-refractivity contribution in [3.05, 3.63) is 29.6 Å². The normalized spacial score (nSPS) is 10.3. The van der Waals surface area contributed by atoms with E-state index >= 15 is 0 Å². The SMILES string of the molecule is CN(CCCCCO)c1cccc(F)c1C=O. The van der Waals surface area contributed by atoms with Crippen LogP contribution >= 0.6 is 0 Å². The van der Waals surface area contributed by atoms with E-state index in [1.54, 1.807) is 12.1 Å². The van der Waals surface area contributed by atoms with Crippen LogP contribution in [0.5, 0.6) is 0 Å². The van der Waals surface area contributed by atoms with Crippen LogP contribution in [0.25, 0.3) is 0 Å². The summed E-state index contributed by atoms with van der Waals surface area (Å²) >= 11 is 0. The molecule has 0 aliphatic rings. The Morgan fingerprint density at radius 3 is 2.76 bits per heavy atom. The van der Waals surface area contributed by atoms with Gasteiger partial charge in [-0.15, -0.1) is 0 Å². The van der Waals surface area contributed by atoms with E-state index in [0.29, 0.717) is 12.0 Å². The molecule has 0 amide bonds. The average Bonchev–Trinajstić information content (AvgIpc) is 2.34. The second-order valence-corrected chi connectivity index (χ2v) is 4.00. The van der Waals surface area contributed by atoms with Gasteiger partial charge in [-0.1, -0.05) is 6.07 Å². The number of aliphatic hydroxyl groups excluding tert-OH is 1. The third-order valence-electron chi connectivity index (χ3n) is 2.71. The summed E-state index contributed by atoms with van der Waals surface area (Å²) in [6.07, 6.45) is 3.16. The third kappa shape index (κ3) is 3.82. The molecule has 4 heteroatoms. The van der Waals surface area contributed by atoms with Crippen LogP contribution in [0.1, 0.15) is 29.6 Å². The standard InChI is InChI=1S/C13H18FNO2/c1-15(8-3-2-4-9-16)13-7-5-6-12(14)11(13)10-17/h5-7,10,16H,2-4,8-9H2,1H3. The molecule has 0 saturated heterocycles. The lowest BCUT2D eigenvalue weighted by atomic mass is 10.1. The molecule has 0 atom stereocenters. The van der Waals surface area contributed by atoms with Gasteiger partial charge >= 0.3 is 0 Å². The van der Waals surface area contributed by atoms with Gasteiger partial charge in [-0.05, 0) is 31.4 Å². The summed E-state index contributed by atoms with van der Waals surface area (Å²) in [7, 11) is 1.83. The molecule has 1 N–H and O–H groups in total. The van der Waals surface area contributed by atoms with Crippen LogP contribution in [0.3, 0.4) is 0 Å². The maximum absolute atomic E-state index is 13.4. The third-order valence-corrected chi connectivity index (χ3v) is 2.71. The first-order valence-electron chi connectivity index (χ1n) is 5.76. The summed E-state index contributed by atoms with van der Waals surface area (Å²) in [5, 5.41) is 8.66. The molecule has 0 heterocycles. The number of aliphatic hydroxyl groups is 1. The lowest BCUT2D eigenvalue weighted by Crippen LogP contribution is -2.20. The first kappa shape index (κ1) is 13.6. The van der Waals surface area contributed by atoms with Crippen molar-refractivity contribution >= 4 is 12.0 Å². The van der Waals surface area contributed by atoms with Crippen molar-refractivity contribution in [3.8, 4) is 0 Å². The summed E-state index contributed by atoms with van der Waals surface area (Å²) in [5.41, 5.74) is 0.723. The number of rotatable bonds is 7. The molecule has 1 rings (SSSR count). The van der Waals surface area contributed by atoms with Gasteiger partial charge < -0.3 is 10.0 Å². The van der Waals surface area contributed by atoms with Gasteiger partial charge in [0.15, 0.2) is 6.29 Å². The van der Waals surface area contributed by atoms with Crippen molar-refractivity contribution in [2.24, 2.45) is 0 Å². The van der Waals surface area contributed by atoms with Gasteiger partial charge in [0.25, 0.3) is 0 Å². The Labute approximate surface area is 101 Å². The van der Waals surface area contributed by atoms with E-state index in [1.165, 1.54) is 6.07 Å². The van der Waals surface area contributed by atoms with Crippen LogP contribution in [0.15, 0.2) is 18.2 Å². The molecule has 0 spiro atoms.